The molecule has 0 heterocycles. The van der Waals surface area contributed by atoms with Gasteiger partial charge in [0.2, 0.25) is 0 Å². The molecular weight excluding hydrogens is 337 g/mol. The van der Waals surface area contributed by atoms with E-state index in [1.807, 2.05) is 24.3 Å². The SMILES string of the molecule is Cc1cc(NS(=O)(=O)c2ccc3ccccc3c2)c(Cl)cc1F. The first-order valence-corrected chi connectivity index (χ1v) is 8.70. The van der Waals surface area contributed by atoms with Crippen LogP contribution < -0.4 is 4.72 Å². The molecule has 0 aromatic heterocycles. The van der Waals surface area contributed by atoms with Crippen molar-refractivity contribution in [1.29, 1.82) is 0 Å². The smallest absolute Gasteiger partial charge is 0.261 e. The molecule has 0 unspecified atom stereocenters. The summed E-state index contributed by atoms with van der Waals surface area (Å²) in [5.74, 6) is -0.483. The Morgan fingerprint density at radius 2 is 1.70 bits per heavy atom. The topological polar surface area (TPSA) is 46.2 Å². The van der Waals surface area contributed by atoms with Crippen LogP contribution in [0, 0.1) is 12.7 Å². The zero-order chi connectivity index (χ0) is 16.6. The number of fused-ring (bicyclic) bond motifs is 1. The van der Waals surface area contributed by atoms with Gasteiger partial charge >= 0.3 is 0 Å². The molecule has 6 heteroatoms. The van der Waals surface area contributed by atoms with E-state index in [4.69, 9.17) is 11.6 Å². The van der Waals surface area contributed by atoms with Gasteiger partial charge in [0, 0.05) is 0 Å². The molecule has 118 valence electrons. The zero-order valence-electron chi connectivity index (χ0n) is 12.2. The Kier molecular flexibility index (Phi) is 4.00. The number of rotatable bonds is 3. The van der Waals surface area contributed by atoms with Crippen molar-refractivity contribution in [3.8, 4) is 0 Å². The Balaban J connectivity index is 2.02. The number of halogens is 2. The molecule has 23 heavy (non-hydrogen) atoms. The molecule has 0 saturated heterocycles. The van der Waals surface area contributed by atoms with Crippen molar-refractivity contribution in [3.05, 3.63) is 71.0 Å². The van der Waals surface area contributed by atoms with Crippen LogP contribution in [0.5, 0.6) is 0 Å². The highest BCUT2D eigenvalue weighted by Crippen LogP contribution is 2.28. The molecule has 0 amide bonds. The molecule has 0 spiro atoms. The van der Waals surface area contributed by atoms with Gasteiger partial charge in [-0.15, -0.1) is 0 Å². The van der Waals surface area contributed by atoms with Crippen molar-refractivity contribution in [2.24, 2.45) is 0 Å². The quantitative estimate of drug-likeness (QED) is 0.742. The fourth-order valence-corrected chi connectivity index (χ4v) is 3.63. The number of aryl methyl sites for hydroxylation is 1. The molecule has 3 nitrogen and oxygen atoms in total. The van der Waals surface area contributed by atoms with Gasteiger partial charge in [0.15, 0.2) is 0 Å². The van der Waals surface area contributed by atoms with Crippen LogP contribution >= 0.6 is 11.6 Å². The maximum Gasteiger partial charge on any atom is 0.261 e. The molecular formula is C17H13ClFNO2S. The molecule has 3 aromatic carbocycles. The number of anilines is 1. The van der Waals surface area contributed by atoms with Gasteiger partial charge in [-0.3, -0.25) is 4.72 Å². The number of sulfonamides is 1. The van der Waals surface area contributed by atoms with Crippen molar-refractivity contribution in [1.82, 2.24) is 0 Å². The Bertz CT molecular complexity index is 1000. The highest BCUT2D eigenvalue weighted by molar-refractivity contribution is 7.92. The monoisotopic (exact) mass is 349 g/mol. The van der Waals surface area contributed by atoms with E-state index in [-0.39, 0.29) is 15.6 Å². The van der Waals surface area contributed by atoms with Gasteiger partial charge in [0.25, 0.3) is 10.0 Å². The summed E-state index contributed by atoms with van der Waals surface area (Å²) in [5, 5.41) is 1.77. The largest absolute Gasteiger partial charge is 0.278 e. The molecule has 0 radical (unpaired) electrons. The molecule has 0 aliphatic heterocycles. The first-order chi connectivity index (χ1) is 10.9. The summed E-state index contributed by atoms with van der Waals surface area (Å²) in [5.41, 5.74) is 0.462. The third kappa shape index (κ3) is 3.16. The molecule has 3 aromatic rings. The van der Waals surface area contributed by atoms with Crippen molar-refractivity contribution >= 4 is 38.1 Å². The van der Waals surface area contributed by atoms with Crippen molar-refractivity contribution in [2.45, 2.75) is 11.8 Å². The van der Waals surface area contributed by atoms with E-state index < -0.39 is 15.8 Å². The number of benzene rings is 3. The lowest BCUT2D eigenvalue weighted by Gasteiger charge is -2.11. The van der Waals surface area contributed by atoms with Crippen LogP contribution in [0.3, 0.4) is 0 Å². The molecule has 0 atom stereocenters. The summed E-state index contributed by atoms with van der Waals surface area (Å²) in [6, 6.07) is 14.8. The summed E-state index contributed by atoms with van der Waals surface area (Å²) >= 11 is 5.92. The van der Waals surface area contributed by atoms with Crippen LogP contribution in [-0.4, -0.2) is 8.42 Å². The molecule has 0 fully saturated rings. The highest BCUT2D eigenvalue weighted by Gasteiger charge is 2.17. The zero-order valence-corrected chi connectivity index (χ0v) is 13.7. The second-order valence-corrected chi connectivity index (χ2v) is 7.29. The summed E-state index contributed by atoms with van der Waals surface area (Å²) in [6.45, 7) is 1.54. The Morgan fingerprint density at radius 3 is 2.43 bits per heavy atom. The molecule has 0 bridgehead atoms. The third-order valence-corrected chi connectivity index (χ3v) is 5.20. The van der Waals surface area contributed by atoms with E-state index in [2.05, 4.69) is 4.72 Å². The van der Waals surface area contributed by atoms with Crippen LogP contribution in [0.25, 0.3) is 10.8 Å². The van der Waals surface area contributed by atoms with Crippen molar-refractivity contribution in [2.75, 3.05) is 4.72 Å². The lowest BCUT2D eigenvalue weighted by atomic mass is 10.1. The molecule has 0 saturated carbocycles. The van der Waals surface area contributed by atoms with Gasteiger partial charge in [-0.1, -0.05) is 41.9 Å². The second kappa shape index (κ2) is 5.83. The fourth-order valence-electron chi connectivity index (χ4n) is 2.27. The van der Waals surface area contributed by atoms with Gasteiger partial charge in [-0.05, 0) is 47.5 Å². The third-order valence-electron chi connectivity index (χ3n) is 3.52. The summed E-state index contributed by atoms with van der Waals surface area (Å²) in [6.07, 6.45) is 0. The lowest BCUT2D eigenvalue weighted by Crippen LogP contribution is -2.13. The predicted molar refractivity (Wildman–Crippen MR) is 90.9 cm³/mol. The Hall–Kier alpha value is -2.11. The normalized spacial score (nSPS) is 11.6. The van der Waals surface area contributed by atoms with Gasteiger partial charge < -0.3 is 0 Å². The van der Waals surface area contributed by atoms with Gasteiger partial charge in [-0.2, -0.15) is 0 Å². The van der Waals surface area contributed by atoms with E-state index in [1.165, 1.54) is 12.1 Å². The minimum absolute atomic E-state index is 0.0115. The fraction of sp³-hybridized carbons (Fsp3) is 0.0588. The highest BCUT2D eigenvalue weighted by atomic mass is 35.5. The van der Waals surface area contributed by atoms with E-state index in [9.17, 15) is 12.8 Å². The second-order valence-electron chi connectivity index (χ2n) is 5.20. The minimum Gasteiger partial charge on any atom is -0.278 e. The molecule has 3 rings (SSSR count). The standard InChI is InChI=1S/C17H13ClFNO2S/c1-11-8-17(15(18)10-16(11)19)20-23(21,22)14-7-6-12-4-2-3-5-13(12)9-14/h2-10,20H,1H3. The summed E-state index contributed by atoms with van der Waals surface area (Å²) in [4.78, 5) is 0.120. The number of hydrogen-bond donors (Lipinski definition) is 1. The van der Waals surface area contributed by atoms with Gasteiger partial charge in [0.1, 0.15) is 5.82 Å². The predicted octanol–water partition coefficient (Wildman–Crippen LogP) is 4.74. The van der Waals surface area contributed by atoms with E-state index in [0.29, 0.717) is 5.56 Å². The van der Waals surface area contributed by atoms with Gasteiger partial charge in [0.05, 0.1) is 15.6 Å². The Morgan fingerprint density at radius 1 is 1.00 bits per heavy atom. The van der Waals surface area contributed by atoms with Crippen molar-refractivity contribution < 1.29 is 12.8 Å². The van der Waals surface area contributed by atoms with Crippen LogP contribution in [0.1, 0.15) is 5.56 Å². The molecule has 1 N–H and O–H groups in total. The van der Waals surface area contributed by atoms with E-state index >= 15 is 0 Å². The van der Waals surface area contributed by atoms with Crippen LogP contribution in [0.4, 0.5) is 10.1 Å². The molecule has 0 aliphatic rings. The number of nitrogens with one attached hydrogen (secondary N) is 1. The first kappa shape index (κ1) is 15.8. The van der Waals surface area contributed by atoms with Crippen LogP contribution in [0.15, 0.2) is 59.5 Å². The average Bonchev–Trinajstić information content (AvgIpc) is 2.52. The first-order valence-electron chi connectivity index (χ1n) is 6.84. The van der Waals surface area contributed by atoms with Gasteiger partial charge in [-0.25, -0.2) is 12.8 Å². The molecule has 0 aliphatic carbocycles. The van der Waals surface area contributed by atoms with Crippen LogP contribution in [-0.2, 0) is 10.0 Å². The van der Waals surface area contributed by atoms with Crippen LogP contribution in [0.2, 0.25) is 5.02 Å². The van der Waals surface area contributed by atoms with E-state index in [1.54, 1.807) is 19.1 Å². The number of hydrogen-bond acceptors (Lipinski definition) is 2. The summed E-state index contributed by atoms with van der Waals surface area (Å²) < 4.78 is 40.9. The lowest BCUT2D eigenvalue weighted by molar-refractivity contribution is 0.601. The Labute approximate surface area is 138 Å². The summed E-state index contributed by atoms with van der Waals surface area (Å²) in [7, 11) is -3.81. The maximum atomic E-state index is 13.4. The minimum atomic E-state index is -3.81. The van der Waals surface area contributed by atoms with Crippen molar-refractivity contribution in [3.63, 3.8) is 0 Å². The van der Waals surface area contributed by atoms with E-state index in [0.717, 1.165) is 16.8 Å². The maximum absolute atomic E-state index is 13.4. The average molecular weight is 350 g/mol.